The second-order valence-corrected chi connectivity index (χ2v) is 6.87. The number of morpholine rings is 1. The molecule has 1 aliphatic rings. The normalized spacial score (nSPS) is 22.1. The average molecular weight is 310 g/mol. The van der Waals surface area contributed by atoms with Crippen molar-refractivity contribution in [3.05, 3.63) is 28.2 Å². The van der Waals surface area contributed by atoms with E-state index in [0.717, 1.165) is 0 Å². The van der Waals surface area contributed by atoms with Crippen LogP contribution in [0.15, 0.2) is 23.1 Å². The molecule has 2 rings (SSSR count). The molecule has 4 nitrogen and oxygen atoms in total. The van der Waals surface area contributed by atoms with E-state index in [1.807, 2.05) is 6.92 Å². The molecule has 1 aliphatic heterocycles. The lowest BCUT2D eigenvalue weighted by Gasteiger charge is -2.30. The van der Waals surface area contributed by atoms with Crippen molar-refractivity contribution in [2.45, 2.75) is 17.9 Å². The van der Waals surface area contributed by atoms with Crippen LogP contribution in [0.3, 0.4) is 0 Å². The van der Waals surface area contributed by atoms with Crippen LogP contribution < -0.4 is 0 Å². The maximum Gasteiger partial charge on any atom is 0.244 e. The molecule has 7 heteroatoms. The Morgan fingerprint density at radius 2 is 2.11 bits per heavy atom. The summed E-state index contributed by atoms with van der Waals surface area (Å²) in [5.41, 5.74) is 0. The predicted molar refractivity (Wildman–Crippen MR) is 70.6 cm³/mol. The van der Waals surface area contributed by atoms with Crippen LogP contribution in [-0.4, -0.2) is 38.5 Å². The average Bonchev–Trinajstić information content (AvgIpc) is 2.32. The molecule has 1 unspecified atom stereocenters. The summed E-state index contributed by atoms with van der Waals surface area (Å²) >= 11 is 11.8. The van der Waals surface area contributed by atoms with Gasteiger partial charge in [0.05, 0.1) is 17.7 Å². The van der Waals surface area contributed by atoms with Crippen LogP contribution in [0, 0.1) is 0 Å². The molecule has 0 spiro atoms. The number of sulfonamides is 1. The van der Waals surface area contributed by atoms with E-state index in [1.54, 1.807) is 6.07 Å². The predicted octanol–water partition coefficient (Wildman–Crippen LogP) is 2.40. The van der Waals surface area contributed by atoms with Crippen molar-refractivity contribution in [2.75, 3.05) is 19.7 Å². The van der Waals surface area contributed by atoms with E-state index in [0.29, 0.717) is 24.7 Å². The van der Waals surface area contributed by atoms with Crippen molar-refractivity contribution in [3.8, 4) is 0 Å². The van der Waals surface area contributed by atoms with E-state index in [2.05, 4.69) is 0 Å². The van der Waals surface area contributed by atoms with Gasteiger partial charge >= 0.3 is 0 Å². The molecule has 0 amide bonds. The highest BCUT2D eigenvalue weighted by Gasteiger charge is 2.30. The lowest BCUT2D eigenvalue weighted by Crippen LogP contribution is -2.44. The van der Waals surface area contributed by atoms with Crippen LogP contribution in [0.1, 0.15) is 6.92 Å². The topological polar surface area (TPSA) is 46.6 Å². The summed E-state index contributed by atoms with van der Waals surface area (Å²) in [4.78, 5) is 0.0470. The second-order valence-electron chi connectivity index (χ2n) is 4.12. The van der Waals surface area contributed by atoms with Crippen LogP contribution in [0.5, 0.6) is 0 Å². The van der Waals surface area contributed by atoms with Gasteiger partial charge in [0.1, 0.15) is 4.90 Å². The SMILES string of the molecule is CC1CN(S(=O)(=O)c2cc(Cl)ccc2Cl)CCO1. The first-order valence-electron chi connectivity index (χ1n) is 5.48. The van der Waals surface area contributed by atoms with Crippen molar-refractivity contribution in [2.24, 2.45) is 0 Å². The molecule has 0 aliphatic carbocycles. The zero-order chi connectivity index (χ0) is 13.3. The molecule has 0 radical (unpaired) electrons. The standard InChI is InChI=1S/C11H13Cl2NO3S/c1-8-7-14(4-5-17-8)18(15,16)11-6-9(12)2-3-10(11)13/h2-3,6,8H,4-5,7H2,1H3. The fourth-order valence-electron chi connectivity index (χ4n) is 1.82. The highest BCUT2D eigenvalue weighted by atomic mass is 35.5. The van der Waals surface area contributed by atoms with E-state index in [4.69, 9.17) is 27.9 Å². The molecule has 1 aromatic carbocycles. The molecule has 1 saturated heterocycles. The number of hydrogen-bond acceptors (Lipinski definition) is 3. The molecule has 0 aromatic heterocycles. The van der Waals surface area contributed by atoms with Crippen molar-refractivity contribution >= 4 is 33.2 Å². The summed E-state index contributed by atoms with van der Waals surface area (Å²) < 4.78 is 31.6. The van der Waals surface area contributed by atoms with E-state index >= 15 is 0 Å². The van der Waals surface area contributed by atoms with Crippen molar-refractivity contribution < 1.29 is 13.2 Å². The van der Waals surface area contributed by atoms with E-state index in [9.17, 15) is 8.42 Å². The minimum absolute atomic E-state index is 0.0470. The molecule has 100 valence electrons. The smallest absolute Gasteiger partial charge is 0.244 e. The third-order valence-electron chi connectivity index (χ3n) is 2.71. The van der Waals surface area contributed by atoms with Gasteiger partial charge in [0.15, 0.2) is 0 Å². The fourth-order valence-corrected chi connectivity index (χ4v) is 4.06. The van der Waals surface area contributed by atoms with Crippen molar-refractivity contribution in [3.63, 3.8) is 0 Å². The molecule has 1 aromatic rings. The van der Waals surface area contributed by atoms with Gasteiger partial charge in [0.25, 0.3) is 0 Å². The first kappa shape index (κ1) is 14.1. The van der Waals surface area contributed by atoms with Gasteiger partial charge in [-0.1, -0.05) is 23.2 Å². The summed E-state index contributed by atoms with van der Waals surface area (Å²) in [5.74, 6) is 0. The summed E-state index contributed by atoms with van der Waals surface area (Å²) in [7, 11) is -3.61. The van der Waals surface area contributed by atoms with Gasteiger partial charge in [0.2, 0.25) is 10.0 Å². The Labute approximate surface area is 116 Å². The minimum Gasteiger partial charge on any atom is -0.376 e. The number of benzene rings is 1. The number of rotatable bonds is 2. The van der Waals surface area contributed by atoms with Gasteiger partial charge < -0.3 is 4.74 Å². The van der Waals surface area contributed by atoms with Gasteiger partial charge in [-0.15, -0.1) is 0 Å². The molecule has 0 saturated carbocycles. The van der Waals surface area contributed by atoms with Gasteiger partial charge in [-0.05, 0) is 25.1 Å². The third kappa shape index (κ3) is 2.81. The summed E-state index contributed by atoms with van der Waals surface area (Å²) in [6.45, 7) is 2.88. The van der Waals surface area contributed by atoms with Gasteiger partial charge in [-0.2, -0.15) is 4.31 Å². The number of nitrogens with zero attached hydrogens (tertiary/aromatic N) is 1. The second kappa shape index (κ2) is 5.35. The third-order valence-corrected chi connectivity index (χ3v) is 5.30. The minimum atomic E-state index is -3.61. The van der Waals surface area contributed by atoms with Crippen LogP contribution in [0.2, 0.25) is 10.0 Å². The van der Waals surface area contributed by atoms with Crippen LogP contribution in [0.25, 0.3) is 0 Å². The van der Waals surface area contributed by atoms with Gasteiger partial charge in [-0.3, -0.25) is 0 Å². The van der Waals surface area contributed by atoms with Crippen molar-refractivity contribution in [1.29, 1.82) is 0 Å². The van der Waals surface area contributed by atoms with E-state index in [-0.39, 0.29) is 16.0 Å². The van der Waals surface area contributed by atoms with Gasteiger partial charge in [-0.25, -0.2) is 8.42 Å². The number of hydrogen-bond donors (Lipinski definition) is 0. The summed E-state index contributed by atoms with van der Waals surface area (Å²) in [6, 6.07) is 4.42. The fraction of sp³-hybridized carbons (Fsp3) is 0.455. The lowest BCUT2D eigenvalue weighted by atomic mass is 10.3. The Bertz CT molecular complexity index is 547. The molecular weight excluding hydrogens is 297 g/mol. The maximum atomic E-state index is 12.4. The summed E-state index contributed by atoms with van der Waals surface area (Å²) in [5, 5.41) is 0.526. The Kier molecular flexibility index (Phi) is 4.18. The zero-order valence-corrected chi connectivity index (χ0v) is 12.1. The zero-order valence-electron chi connectivity index (χ0n) is 9.77. The van der Waals surface area contributed by atoms with Crippen LogP contribution >= 0.6 is 23.2 Å². The van der Waals surface area contributed by atoms with E-state index in [1.165, 1.54) is 16.4 Å². The Morgan fingerprint density at radius 3 is 2.78 bits per heavy atom. The Balaban J connectivity index is 2.38. The first-order valence-corrected chi connectivity index (χ1v) is 7.67. The maximum absolute atomic E-state index is 12.4. The lowest BCUT2D eigenvalue weighted by molar-refractivity contribution is 0.0102. The highest BCUT2D eigenvalue weighted by molar-refractivity contribution is 7.89. The van der Waals surface area contributed by atoms with E-state index < -0.39 is 10.0 Å². The highest BCUT2D eigenvalue weighted by Crippen LogP contribution is 2.28. The van der Waals surface area contributed by atoms with Crippen molar-refractivity contribution in [1.82, 2.24) is 4.31 Å². The van der Waals surface area contributed by atoms with Gasteiger partial charge in [0, 0.05) is 18.1 Å². The Hall–Kier alpha value is -0.330. The van der Waals surface area contributed by atoms with Crippen LogP contribution in [0.4, 0.5) is 0 Å². The molecule has 0 N–H and O–H groups in total. The summed E-state index contributed by atoms with van der Waals surface area (Å²) in [6.07, 6.45) is -0.119. The molecule has 1 atom stereocenters. The molecule has 18 heavy (non-hydrogen) atoms. The first-order chi connectivity index (χ1) is 8.41. The molecule has 0 bridgehead atoms. The van der Waals surface area contributed by atoms with Crippen LogP contribution in [-0.2, 0) is 14.8 Å². The number of halogens is 2. The monoisotopic (exact) mass is 309 g/mol. The molecule has 1 fully saturated rings. The molecular formula is C11H13Cl2NO3S. The quantitative estimate of drug-likeness (QED) is 0.843. The number of ether oxygens (including phenoxy) is 1. The molecule has 1 heterocycles. The largest absolute Gasteiger partial charge is 0.376 e. The Morgan fingerprint density at radius 1 is 1.39 bits per heavy atom.